The van der Waals surface area contributed by atoms with E-state index in [-0.39, 0.29) is 32.2 Å². The van der Waals surface area contributed by atoms with Gasteiger partial charge in [-0.05, 0) is 32.9 Å². The third kappa shape index (κ3) is 4.72. The van der Waals surface area contributed by atoms with Crippen LogP contribution in [0.3, 0.4) is 0 Å². The standard InChI is InChI=1S/C17H21Cl2N3O4S2/c1-5-22(17(2,3)4)28(25,26)15-14(23)12(9-27-15)21-16(24)20-11-8-6-7-10(18)13(11)19/h6-9,23H,5H2,1-4H3,(H2,20,21,24). The first-order valence-electron chi connectivity index (χ1n) is 8.25. The Morgan fingerprint density at radius 2 is 1.82 bits per heavy atom. The summed E-state index contributed by atoms with van der Waals surface area (Å²) in [6, 6.07) is 4.04. The second-order valence-electron chi connectivity index (χ2n) is 6.81. The third-order valence-electron chi connectivity index (χ3n) is 3.74. The molecule has 1 aromatic carbocycles. The predicted octanol–water partition coefficient (Wildman–Crippen LogP) is 5.21. The van der Waals surface area contributed by atoms with Gasteiger partial charge in [-0.1, -0.05) is 36.2 Å². The number of hydrogen-bond donors (Lipinski definition) is 3. The van der Waals surface area contributed by atoms with Gasteiger partial charge < -0.3 is 15.7 Å². The largest absolute Gasteiger partial charge is 0.504 e. The molecule has 0 aliphatic rings. The molecule has 0 radical (unpaired) electrons. The highest BCUT2D eigenvalue weighted by molar-refractivity contribution is 7.91. The van der Waals surface area contributed by atoms with Crippen LogP contribution < -0.4 is 10.6 Å². The summed E-state index contributed by atoms with van der Waals surface area (Å²) in [4.78, 5) is 12.2. The lowest BCUT2D eigenvalue weighted by atomic mass is 10.1. The van der Waals surface area contributed by atoms with Crippen LogP contribution >= 0.6 is 34.5 Å². The lowest BCUT2D eigenvalue weighted by Gasteiger charge is -2.33. The zero-order chi connectivity index (χ0) is 21.3. The average Bonchev–Trinajstić information content (AvgIpc) is 2.92. The van der Waals surface area contributed by atoms with Crippen molar-refractivity contribution >= 4 is 62.0 Å². The van der Waals surface area contributed by atoms with Crippen LogP contribution in [0.4, 0.5) is 16.2 Å². The maximum absolute atomic E-state index is 12.9. The molecule has 28 heavy (non-hydrogen) atoms. The lowest BCUT2D eigenvalue weighted by Crippen LogP contribution is -2.45. The van der Waals surface area contributed by atoms with Gasteiger partial charge in [0.25, 0.3) is 10.0 Å². The molecule has 2 aromatic rings. The topological polar surface area (TPSA) is 98.7 Å². The Morgan fingerprint density at radius 1 is 1.21 bits per heavy atom. The van der Waals surface area contributed by atoms with E-state index < -0.39 is 27.3 Å². The minimum Gasteiger partial charge on any atom is -0.504 e. The summed E-state index contributed by atoms with van der Waals surface area (Å²) in [6.07, 6.45) is 0. The number of amides is 2. The van der Waals surface area contributed by atoms with Crippen molar-refractivity contribution in [2.75, 3.05) is 17.2 Å². The molecule has 154 valence electrons. The Morgan fingerprint density at radius 3 is 2.39 bits per heavy atom. The normalized spacial score (nSPS) is 12.2. The van der Waals surface area contributed by atoms with Gasteiger partial charge in [-0.2, -0.15) is 4.31 Å². The third-order valence-corrected chi connectivity index (χ3v) is 8.29. The molecule has 2 rings (SSSR count). The van der Waals surface area contributed by atoms with Gasteiger partial charge in [-0.15, -0.1) is 11.3 Å². The first-order chi connectivity index (χ1) is 12.9. The van der Waals surface area contributed by atoms with Gasteiger partial charge in [0.1, 0.15) is 0 Å². The van der Waals surface area contributed by atoms with Crippen molar-refractivity contribution in [3.05, 3.63) is 33.6 Å². The Labute approximate surface area is 178 Å². The average molecular weight is 466 g/mol. The minimum absolute atomic E-state index is 0.0239. The molecular weight excluding hydrogens is 445 g/mol. The quantitative estimate of drug-likeness (QED) is 0.563. The van der Waals surface area contributed by atoms with Crippen LogP contribution in [-0.2, 0) is 10.0 Å². The zero-order valence-electron chi connectivity index (χ0n) is 15.7. The monoisotopic (exact) mass is 465 g/mol. The van der Waals surface area contributed by atoms with E-state index in [4.69, 9.17) is 23.2 Å². The first kappa shape index (κ1) is 22.8. The number of carbonyl (C=O) groups is 1. The second-order valence-corrected chi connectivity index (χ2v) is 10.5. The van der Waals surface area contributed by atoms with Crippen molar-refractivity contribution in [2.45, 2.75) is 37.4 Å². The fourth-order valence-electron chi connectivity index (χ4n) is 2.59. The molecule has 3 N–H and O–H groups in total. The van der Waals surface area contributed by atoms with Gasteiger partial charge in [0, 0.05) is 17.5 Å². The summed E-state index contributed by atoms with van der Waals surface area (Å²) in [5.74, 6) is -0.514. The van der Waals surface area contributed by atoms with Gasteiger partial charge in [-0.25, -0.2) is 13.2 Å². The van der Waals surface area contributed by atoms with Crippen LogP contribution in [0.1, 0.15) is 27.7 Å². The molecule has 0 spiro atoms. The first-order valence-corrected chi connectivity index (χ1v) is 11.3. The van der Waals surface area contributed by atoms with E-state index in [1.54, 1.807) is 45.9 Å². The Hall–Kier alpha value is -1.52. The highest BCUT2D eigenvalue weighted by atomic mass is 35.5. The summed E-state index contributed by atoms with van der Waals surface area (Å²) >= 11 is 12.8. The maximum Gasteiger partial charge on any atom is 0.323 e. The highest BCUT2D eigenvalue weighted by Gasteiger charge is 2.36. The van der Waals surface area contributed by atoms with Crippen molar-refractivity contribution in [1.29, 1.82) is 0 Å². The fourth-order valence-corrected chi connectivity index (χ4v) is 6.07. The molecular formula is C17H21Cl2N3O4S2. The van der Waals surface area contributed by atoms with Crippen LogP contribution in [0.5, 0.6) is 5.75 Å². The zero-order valence-corrected chi connectivity index (χ0v) is 18.9. The maximum atomic E-state index is 12.9. The van der Waals surface area contributed by atoms with Crippen molar-refractivity contribution in [2.24, 2.45) is 0 Å². The SMILES string of the molecule is CCN(C(C)(C)C)S(=O)(=O)c1scc(NC(=O)Nc2cccc(Cl)c2Cl)c1O. The van der Waals surface area contributed by atoms with E-state index in [2.05, 4.69) is 10.6 Å². The van der Waals surface area contributed by atoms with E-state index in [0.29, 0.717) is 0 Å². The number of carbonyl (C=O) groups excluding carboxylic acids is 1. The summed E-state index contributed by atoms with van der Waals surface area (Å²) < 4.78 is 26.9. The summed E-state index contributed by atoms with van der Waals surface area (Å²) in [6.45, 7) is 7.24. The van der Waals surface area contributed by atoms with Gasteiger partial charge in [-0.3, -0.25) is 0 Å². The molecule has 0 aliphatic heterocycles. The number of halogens is 2. The minimum atomic E-state index is -3.93. The number of hydrogen-bond acceptors (Lipinski definition) is 5. The molecule has 0 aliphatic carbocycles. The van der Waals surface area contributed by atoms with Gasteiger partial charge in [0.05, 0.1) is 21.4 Å². The van der Waals surface area contributed by atoms with E-state index in [1.807, 2.05) is 0 Å². The molecule has 0 saturated carbocycles. The molecule has 11 heteroatoms. The molecule has 0 bridgehead atoms. The second kappa shape index (κ2) is 8.46. The van der Waals surface area contributed by atoms with Crippen LogP contribution in [0.2, 0.25) is 10.0 Å². The number of sulfonamides is 1. The van der Waals surface area contributed by atoms with Crippen LogP contribution in [0.15, 0.2) is 27.8 Å². The number of rotatable bonds is 5. The number of thiophene rings is 1. The van der Waals surface area contributed by atoms with Crippen molar-refractivity contribution in [3.8, 4) is 5.75 Å². The number of urea groups is 1. The predicted molar refractivity (Wildman–Crippen MR) is 114 cm³/mol. The molecule has 0 saturated heterocycles. The molecule has 7 nitrogen and oxygen atoms in total. The van der Waals surface area contributed by atoms with Crippen molar-refractivity contribution < 1.29 is 18.3 Å². The number of nitrogens with zero attached hydrogens (tertiary/aromatic N) is 1. The number of benzene rings is 1. The van der Waals surface area contributed by atoms with E-state index >= 15 is 0 Å². The molecule has 0 unspecified atom stereocenters. The van der Waals surface area contributed by atoms with E-state index in [1.165, 1.54) is 9.69 Å². The smallest absolute Gasteiger partial charge is 0.323 e. The molecule has 1 aromatic heterocycles. The van der Waals surface area contributed by atoms with Crippen LogP contribution in [0, 0.1) is 0 Å². The van der Waals surface area contributed by atoms with Crippen molar-refractivity contribution in [3.63, 3.8) is 0 Å². The van der Waals surface area contributed by atoms with E-state index in [9.17, 15) is 18.3 Å². The fraction of sp³-hybridized carbons (Fsp3) is 0.353. The Kier molecular flexibility index (Phi) is 6.88. The molecule has 0 fully saturated rings. The van der Waals surface area contributed by atoms with Crippen LogP contribution in [-0.4, -0.2) is 35.9 Å². The molecule has 1 heterocycles. The number of aromatic hydroxyl groups is 1. The van der Waals surface area contributed by atoms with E-state index in [0.717, 1.165) is 11.3 Å². The summed E-state index contributed by atoms with van der Waals surface area (Å²) in [7, 11) is -3.93. The molecule has 0 atom stereocenters. The van der Waals surface area contributed by atoms with Gasteiger partial charge in [0.15, 0.2) is 9.96 Å². The number of nitrogens with one attached hydrogen (secondary N) is 2. The Balaban J connectivity index is 2.25. The van der Waals surface area contributed by atoms with Crippen molar-refractivity contribution in [1.82, 2.24) is 4.31 Å². The van der Waals surface area contributed by atoms with Crippen LogP contribution in [0.25, 0.3) is 0 Å². The summed E-state index contributed by atoms with van der Waals surface area (Å²) in [5, 5.41) is 17.1. The Bertz CT molecular complexity index is 985. The van der Waals surface area contributed by atoms with Gasteiger partial charge in [0.2, 0.25) is 0 Å². The highest BCUT2D eigenvalue weighted by Crippen LogP contribution is 2.40. The van der Waals surface area contributed by atoms with Gasteiger partial charge >= 0.3 is 6.03 Å². The molecule has 2 amide bonds. The summed E-state index contributed by atoms with van der Waals surface area (Å²) in [5.41, 5.74) is -0.415. The number of anilines is 2. The lowest BCUT2D eigenvalue weighted by molar-refractivity contribution is 0.259.